The minimum atomic E-state index is -3.96. The number of oxazole rings is 1. The first-order chi connectivity index (χ1) is 14.8. The van der Waals surface area contributed by atoms with Crippen molar-refractivity contribution in [3.8, 4) is 11.4 Å². The topological polar surface area (TPSA) is 134 Å². The minimum Gasteiger partial charge on any atom is -0.449 e. The van der Waals surface area contributed by atoms with Gasteiger partial charge in [0.2, 0.25) is 15.8 Å². The molecule has 0 fully saturated rings. The lowest BCUT2D eigenvalue weighted by Gasteiger charge is -2.20. The van der Waals surface area contributed by atoms with Gasteiger partial charge in [-0.3, -0.25) is 0 Å². The lowest BCUT2D eigenvalue weighted by Crippen LogP contribution is -2.13. The number of benzene rings is 2. The SMILES string of the molecule is Cc1nc(CS(=O)(=O)c2nc(N)nc(-c3c(Cl)cc4c5c(cccc35)COC4)n2)co1. The average molecular weight is 458 g/mol. The fourth-order valence-electron chi connectivity index (χ4n) is 3.70. The molecule has 2 N–H and O–H groups in total. The highest BCUT2D eigenvalue weighted by atomic mass is 35.5. The van der Waals surface area contributed by atoms with Crippen LogP contribution in [0.25, 0.3) is 22.2 Å². The highest BCUT2D eigenvalue weighted by molar-refractivity contribution is 7.90. The summed E-state index contributed by atoms with van der Waals surface area (Å²) in [6.07, 6.45) is 1.28. The molecule has 0 atom stereocenters. The van der Waals surface area contributed by atoms with Gasteiger partial charge in [-0.1, -0.05) is 29.8 Å². The molecule has 5 rings (SSSR count). The molecule has 31 heavy (non-hydrogen) atoms. The Labute approximate surface area is 182 Å². The van der Waals surface area contributed by atoms with Crippen molar-refractivity contribution in [1.82, 2.24) is 19.9 Å². The highest BCUT2D eigenvalue weighted by Gasteiger charge is 2.25. The molecule has 1 aliphatic rings. The van der Waals surface area contributed by atoms with Gasteiger partial charge < -0.3 is 14.9 Å². The van der Waals surface area contributed by atoms with Gasteiger partial charge in [0, 0.05) is 12.5 Å². The fourth-order valence-corrected chi connectivity index (χ4v) is 5.13. The summed E-state index contributed by atoms with van der Waals surface area (Å²) in [5.41, 5.74) is 8.55. The van der Waals surface area contributed by atoms with Gasteiger partial charge >= 0.3 is 0 Å². The molecule has 11 heteroatoms. The van der Waals surface area contributed by atoms with Crippen molar-refractivity contribution < 1.29 is 17.6 Å². The molecule has 0 aliphatic carbocycles. The van der Waals surface area contributed by atoms with Gasteiger partial charge in [0.25, 0.3) is 5.16 Å². The zero-order valence-electron chi connectivity index (χ0n) is 16.3. The van der Waals surface area contributed by atoms with Crippen molar-refractivity contribution in [2.24, 2.45) is 0 Å². The number of aryl methyl sites for hydroxylation is 1. The number of nitrogens with zero attached hydrogens (tertiary/aromatic N) is 4. The van der Waals surface area contributed by atoms with Crippen LogP contribution in [0.5, 0.6) is 0 Å². The third-order valence-electron chi connectivity index (χ3n) is 4.93. The van der Waals surface area contributed by atoms with Crippen molar-refractivity contribution in [3.05, 3.63) is 58.3 Å². The lowest BCUT2D eigenvalue weighted by atomic mass is 9.94. The fraction of sp³-hybridized carbons (Fsp3) is 0.200. The molecule has 4 aromatic rings. The summed E-state index contributed by atoms with van der Waals surface area (Å²) in [4.78, 5) is 16.3. The van der Waals surface area contributed by atoms with Crippen LogP contribution in [0.3, 0.4) is 0 Å². The Bertz CT molecular complexity index is 1450. The van der Waals surface area contributed by atoms with E-state index >= 15 is 0 Å². The van der Waals surface area contributed by atoms with Gasteiger partial charge in [-0.25, -0.2) is 13.4 Å². The predicted molar refractivity (Wildman–Crippen MR) is 113 cm³/mol. The van der Waals surface area contributed by atoms with Crippen LogP contribution in [0.2, 0.25) is 5.02 Å². The van der Waals surface area contributed by atoms with Crippen molar-refractivity contribution >= 4 is 38.2 Å². The molecule has 0 radical (unpaired) electrons. The van der Waals surface area contributed by atoms with E-state index in [0.29, 0.717) is 29.7 Å². The number of aromatic nitrogens is 4. The summed E-state index contributed by atoms with van der Waals surface area (Å²) in [7, 11) is -3.96. The normalized spacial score (nSPS) is 13.6. The summed E-state index contributed by atoms with van der Waals surface area (Å²) in [6.45, 7) is 2.53. The molecule has 0 unspecified atom stereocenters. The Morgan fingerprint density at radius 3 is 2.71 bits per heavy atom. The first-order valence-electron chi connectivity index (χ1n) is 9.28. The molecule has 0 saturated carbocycles. The van der Waals surface area contributed by atoms with Crippen LogP contribution in [0.1, 0.15) is 22.7 Å². The van der Waals surface area contributed by atoms with E-state index in [-0.39, 0.29) is 17.5 Å². The quantitative estimate of drug-likeness (QED) is 0.489. The van der Waals surface area contributed by atoms with E-state index in [9.17, 15) is 8.42 Å². The number of rotatable bonds is 4. The predicted octanol–water partition coefficient (Wildman–Crippen LogP) is 3.23. The number of anilines is 1. The van der Waals surface area contributed by atoms with E-state index in [0.717, 1.165) is 21.9 Å². The van der Waals surface area contributed by atoms with E-state index < -0.39 is 20.7 Å². The molecule has 0 saturated heterocycles. The maximum absolute atomic E-state index is 12.9. The molecule has 0 bridgehead atoms. The number of halogens is 1. The van der Waals surface area contributed by atoms with Gasteiger partial charge in [0.15, 0.2) is 11.7 Å². The second-order valence-electron chi connectivity index (χ2n) is 7.14. The third-order valence-corrected chi connectivity index (χ3v) is 6.65. The van der Waals surface area contributed by atoms with Gasteiger partial charge in [0.1, 0.15) is 12.0 Å². The Morgan fingerprint density at radius 1 is 1.13 bits per heavy atom. The van der Waals surface area contributed by atoms with Gasteiger partial charge in [-0.05, 0) is 28.0 Å². The number of hydrogen-bond acceptors (Lipinski definition) is 9. The summed E-state index contributed by atoms with van der Waals surface area (Å²) in [5.74, 6) is -0.203. The molecule has 158 valence electrons. The van der Waals surface area contributed by atoms with Crippen molar-refractivity contribution in [1.29, 1.82) is 0 Å². The number of nitrogen functional groups attached to an aromatic ring is 1. The van der Waals surface area contributed by atoms with Crippen LogP contribution in [0.15, 0.2) is 40.1 Å². The second kappa shape index (κ2) is 7.26. The molecule has 3 heterocycles. The standard InChI is InChI=1S/C20H16ClN5O4S/c1-10-23-13(8-30-10)9-31(27,28)20-25-18(24-19(22)26-20)17-14-4-2-3-11-6-29-7-12(16(11)14)5-15(17)21/h2-5,8H,6-7,9H2,1H3,(H2,22,24,25,26). The van der Waals surface area contributed by atoms with Gasteiger partial charge in [-0.2, -0.15) is 15.0 Å². The van der Waals surface area contributed by atoms with E-state index in [4.69, 9.17) is 26.5 Å². The number of nitrogens with two attached hydrogens (primary N) is 1. The molecular formula is C20H16ClN5O4S. The third kappa shape index (κ3) is 3.52. The monoisotopic (exact) mass is 457 g/mol. The first-order valence-corrected chi connectivity index (χ1v) is 11.3. The van der Waals surface area contributed by atoms with Crippen LogP contribution >= 0.6 is 11.6 Å². The summed E-state index contributed by atoms with van der Waals surface area (Å²) >= 11 is 6.58. The molecule has 9 nitrogen and oxygen atoms in total. The zero-order chi connectivity index (χ0) is 21.8. The van der Waals surface area contributed by atoms with E-state index in [1.54, 1.807) is 13.0 Å². The lowest BCUT2D eigenvalue weighted by molar-refractivity contribution is 0.103. The highest BCUT2D eigenvalue weighted by Crippen LogP contribution is 2.39. The Kier molecular flexibility index (Phi) is 4.65. The summed E-state index contributed by atoms with van der Waals surface area (Å²) in [5, 5.41) is 1.71. The van der Waals surface area contributed by atoms with Crippen LogP contribution in [-0.2, 0) is 33.5 Å². The van der Waals surface area contributed by atoms with Crippen LogP contribution in [0.4, 0.5) is 5.95 Å². The minimum absolute atomic E-state index is 0.0857. The Morgan fingerprint density at radius 2 is 1.94 bits per heavy atom. The first kappa shape index (κ1) is 19.9. The molecule has 0 amide bonds. The number of hydrogen-bond donors (Lipinski definition) is 1. The number of ether oxygens (including phenoxy) is 1. The molecular weight excluding hydrogens is 442 g/mol. The zero-order valence-corrected chi connectivity index (χ0v) is 17.9. The Balaban J connectivity index is 1.68. The van der Waals surface area contributed by atoms with Crippen LogP contribution in [-0.4, -0.2) is 28.4 Å². The van der Waals surface area contributed by atoms with Crippen LogP contribution in [0, 0.1) is 6.92 Å². The van der Waals surface area contributed by atoms with Crippen molar-refractivity contribution in [2.45, 2.75) is 31.0 Å². The van der Waals surface area contributed by atoms with E-state index in [1.807, 2.05) is 18.2 Å². The smallest absolute Gasteiger partial charge is 0.252 e. The van der Waals surface area contributed by atoms with Crippen molar-refractivity contribution in [2.75, 3.05) is 5.73 Å². The molecule has 1 aliphatic heterocycles. The summed E-state index contributed by atoms with van der Waals surface area (Å²) in [6, 6.07) is 7.53. The molecule has 2 aromatic carbocycles. The number of sulfone groups is 1. The molecule has 2 aromatic heterocycles. The van der Waals surface area contributed by atoms with E-state index in [1.165, 1.54) is 6.26 Å². The van der Waals surface area contributed by atoms with Crippen LogP contribution < -0.4 is 5.73 Å². The maximum atomic E-state index is 12.9. The van der Waals surface area contributed by atoms with E-state index in [2.05, 4.69) is 19.9 Å². The Hall–Kier alpha value is -3.08. The summed E-state index contributed by atoms with van der Waals surface area (Å²) < 4.78 is 36.5. The van der Waals surface area contributed by atoms with Gasteiger partial charge in [0.05, 0.1) is 23.9 Å². The largest absolute Gasteiger partial charge is 0.449 e. The maximum Gasteiger partial charge on any atom is 0.252 e. The molecule has 0 spiro atoms. The average Bonchev–Trinajstić information content (AvgIpc) is 3.11. The van der Waals surface area contributed by atoms with Crippen molar-refractivity contribution in [3.63, 3.8) is 0 Å². The van der Waals surface area contributed by atoms with Gasteiger partial charge in [-0.15, -0.1) is 0 Å². The second-order valence-corrected chi connectivity index (χ2v) is 9.43.